The minimum Gasteiger partial charge on any atom is -0.315 e. The molecule has 104 valence electrons. The fourth-order valence-electron chi connectivity index (χ4n) is 2.47. The average molecular weight is 371 g/mol. The van der Waals surface area contributed by atoms with Crippen LogP contribution in [0.3, 0.4) is 0 Å². The van der Waals surface area contributed by atoms with Gasteiger partial charge in [0.15, 0.2) is 0 Å². The molecule has 0 bridgehead atoms. The molecule has 5 heteroatoms. The topological polar surface area (TPSA) is 20.3 Å². The summed E-state index contributed by atoms with van der Waals surface area (Å²) in [6.45, 7) is 0. The Morgan fingerprint density at radius 2 is 2.15 bits per heavy atom. The second-order valence-corrected chi connectivity index (χ2v) is 7.11. The van der Waals surface area contributed by atoms with Gasteiger partial charge in [0.1, 0.15) is 0 Å². The maximum absolute atomic E-state index is 11.7. The summed E-state index contributed by atoms with van der Waals surface area (Å²) < 4.78 is 0. The minimum atomic E-state index is 0.100. The third-order valence-electron chi connectivity index (χ3n) is 3.61. The van der Waals surface area contributed by atoms with Gasteiger partial charge in [0, 0.05) is 24.0 Å². The van der Waals surface area contributed by atoms with Gasteiger partial charge >= 0.3 is 0 Å². The van der Waals surface area contributed by atoms with Gasteiger partial charge in [-0.3, -0.25) is 4.79 Å². The first-order valence-corrected chi connectivity index (χ1v) is 8.51. The van der Waals surface area contributed by atoms with Crippen molar-refractivity contribution in [3.63, 3.8) is 0 Å². The van der Waals surface area contributed by atoms with E-state index in [0.717, 1.165) is 22.0 Å². The van der Waals surface area contributed by atoms with E-state index in [1.165, 1.54) is 11.1 Å². The molecule has 0 radical (unpaired) electrons. The number of fused-ring (bicyclic) bond motifs is 1. The second kappa shape index (κ2) is 5.51. The summed E-state index contributed by atoms with van der Waals surface area (Å²) in [6, 6.07) is 8.18. The number of nitrogens with zero attached hydrogens (tertiary/aromatic N) is 1. The molecule has 0 N–H and O–H groups in total. The Morgan fingerprint density at radius 1 is 1.35 bits per heavy atom. The SMILES string of the molecule is CN1C(=O)CCc2cc(C(Br)c3sccc3Cl)ccc21. The van der Waals surface area contributed by atoms with Crippen molar-refractivity contribution in [3.8, 4) is 0 Å². The van der Waals surface area contributed by atoms with E-state index in [1.54, 1.807) is 16.2 Å². The molecule has 0 spiro atoms. The van der Waals surface area contributed by atoms with Crippen molar-refractivity contribution in [2.45, 2.75) is 17.7 Å². The molecule has 20 heavy (non-hydrogen) atoms. The molecule has 3 rings (SSSR count). The van der Waals surface area contributed by atoms with Gasteiger partial charge < -0.3 is 4.90 Å². The Kier molecular flexibility index (Phi) is 3.89. The summed E-state index contributed by atoms with van der Waals surface area (Å²) in [4.78, 5) is 14.7. The highest BCUT2D eigenvalue weighted by molar-refractivity contribution is 9.09. The van der Waals surface area contributed by atoms with Gasteiger partial charge in [-0.1, -0.05) is 39.7 Å². The molecule has 2 heterocycles. The van der Waals surface area contributed by atoms with E-state index in [9.17, 15) is 4.79 Å². The van der Waals surface area contributed by atoms with E-state index >= 15 is 0 Å². The molecule has 1 aliphatic rings. The van der Waals surface area contributed by atoms with E-state index in [2.05, 4.69) is 28.1 Å². The summed E-state index contributed by atoms with van der Waals surface area (Å²) in [5.74, 6) is 0.182. The lowest BCUT2D eigenvalue weighted by atomic mass is 9.98. The lowest BCUT2D eigenvalue weighted by Gasteiger charge is -2.26. The zero-order chi connectivity index (χ0) is 14.3. The Labute approximate surface area is 135 Å². The first-order valence-electron chi connectivity index (χ1n) is 6.34. The fraction of sp³-hybridized carbons (Fsp3) is 0.267. The maximum atomic E-state index is 11.7. The number of anilines is 1. The van der Waals surface area contributed by atoms with Crippen molar-refractivity contribution in [2.75, 3.05) is 11.9 Å². The Hall–Kier alpha value is -0.840. The van der Waals surface area contributed by atoms with Crippen molar-refractivity contribution in [2.24, 2.45) is 0 Å². The summed E-state index contributed by atoms with van der Waals surface area (Å²) in [6.07, 6.45) is 1.39. The van der Waals surface area contributed by atoms with Crippen LogP contribution in [0.5, 0.6) is 0 Å². The van der Waals surface area contributed by atoms with Crippen molar-refractivity contribution < 1.29 is 4.79 Å². The van der Waals surface area contributed by atoms with E-state index in [4.69, 9.17) is 11.6 Å². The van der Waals surface area contributed by atoms with Crippen LogP contribution in [-0.4, -0.2) is 13.0 Å². The molecule has 1 aliphatic heterocycles. The number of carbonyl (C=O) groups excluding carboxylic acids is 1. The number of amides is 1. The van der Waals surface area contributed by atoms with E-state index in [0.29, 0.717) is 6.42 Å². The molecule has 0 fully saturated rings. The first kappa shape index (κ1) is 14.1. The van der Waals surface area contributed by atoms with Gasteiger partial charge in [-0.15, -0.1) is 11.3 Å². The Bertz CT molecular complexity index is 670. The van der Waals surface area contributed by atoms with Gasteiger partial charge in [0.05, 0.1) is 9.85 Å². The number of aryl methyl sites for hydroxylation is 1. The normalized spacial score (nSPS) is 16.1. The van der Waals surface area contributed by atoms with Crippen LogP contribution in [0.4, 0.5) is 5.69 Å². The molecule has 1 unspecified atom stereocenters. The summed E-state index contributed by atoms with van der Waals surface area (Å²) >= 11 is 11.6. The molecule has 2 nitrogen and oxygen atoms in total. The lowest BCUT2D eigenvalue weighted by Crippen LogP contribution is -2.31. The molecule has 1 aromatic carbocycles. The van der Waals surface area contributed by atoms with Gasteiger partial charge in [-0.25, -0.2) is 0 Å². The summed E-state index contributed by atoms with van der Waals surface area (Å²) in [7, 11) is 1.84. The molecule has 2 aromatic rings. The maximum Gasteiger partial charge on any atom is 0.227 e. The predicted octanol–water partition coefficient (Wildman–Crippen LogP) is 4.79. The summed E-state index contributed by atoms with van der Waals surface area (Å²) in [5, 5.41) is 2.79. The van der Waals surface area contributed by atoms with E-state index in [-0.39, 0.29) is 10.7 Å². The van der Waals surface area contributed by atoms with Gasteiger partial charge in [0.25, 0.3) is 0 Å². The Balaban J connectivity index is 1.97. The molecule has 1 amide bonds. The lowest BCUT2D eigenvalue weighted by molar-refractivity contribution is -0.118. The van der Waals surface area contributed by atoms with Gasteiger partial charge in [0.2, 0.25) is 5.91 Å². The van der Waals surface area contributed by atoms with Crippen LogP contribution in [0.1, 0.15) is 27.3 Å². The van der Waals surface area contributed by atoms with Gasteiger partial charge in [-0.05, 0) is 35.1 Å². The smallest absolute Gasteiger partial charge is 0.227 e. The first-order chi connectivity index (χ1) is 9.58. The number of benzene rings is 1. The zero-order valence-corrected chi connectivity index (χ0v) is 14.1. The second-order valence-electron chi connectivity index (χ2n) is 4.84. The van der Waals surface area contributed by atoms with E-state index in [1.807, 2.05) is 24.6 Å². The minimum absolute atomic E-state index is 0.100. The molecule has 0 saturated heterocycles. The fourth-order valence-corrected chi connectivity index (χ4v) is 4.63. The van der Waals surface area contributed by atoms with Crippen LogP contribution in [0.25, 0.3) is 0 Å². The van der Waals surface area contributed by atoms with Crippen molar-refractivity contribution in [1.82, 2.24) is 0 Å². The van der Waals surface area contributed by atoms with Crippen molar-refractivity contribution in [1.29, 1.82) is 0 Å². The van der Waals surface area contributed by atoms with Crippen molar-refractivity contribution in [3.05, 3.63) is 50.7 Å². The van der Waals surface area contributed by atoms with Crippen molar-refractivity contribution >= 4 is 50.5 Å². The number of carbonyl (C=O) groups is 1. The quantitative estimate of drug-likeness (QED) is 0.696. The van der Waals surface area contributed by atoms with Crippen LogP contribution in [0, 0.1) is 0 Å². The number of hydrogen-bond acceptors (Lipinski definition) is 2. The molecule has 0 aliphatic carbocycles. The van der Waals surface area contributed by atoms with E-state index < -0.39 is 0 Å². The monoisotopic (exact) mass is 369 g/mol. The van der Waals surface area contributed by atoms with Gasteiger partial charge in [-0.2, -0.15) is 0 Å². The number of thiophene rings is 1. The third-order valence-corrected chi connectivity index (χ3v) is 6.33. The number of rotatable bonds is 2. The zero-order valence-electron chi connectivity index (χ0n) is 10.9. The highest BCUT2D eigenvalue weighted by Gasteiger charge is 2.23. The standard InChI is InChI=1S/C15H13BrClNOS/c1-18-12-4-2-10(8-9(12)3-5-13(18)19)14(16)15-11(17)6-7-20-15/h2,4,6-8,14H,3,5H2,1H3. The number of halogens is 2. The largest absolute Gasteiger partial charge is 0.315 e. The molecule has 1 aromatic heterocycles. The molecule has 1 atom stereocenters. The molecular formula is C15H13BrClNOS. The highest BCUT2D eigenvalue weighted by Crippen LogP contribution is 2.40. The summed E-state index contributed by atoms with van der Waals surface area (Å²) in [5.41, 5.74) is 3.42. The number of hydrogen-bond donors (Lipinski definition) is 0. The Morgan fingerprint density at radius 3 is 2.85 bits per heavy atom. The van der Waals surface area contributed by atoms with Crippen LogP contribution >= 0.6 is 38.9 Å². The highest BCUT2D eigenvalue weighted by atomic mass is 79.9. The predicted molar refractivity (Wildman–Crippen MR) is 88.3 cm³/mol. The van der Waals surface area contributed by atoms with Crippen LogP contribution in [0.2, 0.25) is 5.02 Å². The third kappa shape index (κ3) is 2.41. The average Bonchev–Trinajstić information content (AvgIpc) is 2.88. The van der Waals surface area contributed by atoms with Crippen LogP contribution in [0.15, 0.2) is 29.6 Å². The molecular weight excluding hydrogens is 358 g/mol. The number of alkyl halides is 1. The molecule has 0 saturated carbocycles. The van der Waals surface area contributed by atoms with Crippen LogP contribution in [-0.2, 0) is 11.2 Å². The van der Waals surface area contributed by atoms with Crippen LogP contribution < -0.4 is 4.90 Å².